The number of anilines is 1. The highest BCUT2D eigenvalue weighted by Gasteiger charge is 2.09. The molecule has 0 radical (unpaired) electrons. The number of aromatic hydroxyl groups is 1. The van der Waals surface area contributed by atoms with E-state index in [1.807, 2.05) is 18.2 Å². The van der Waals surface area contributed by atoms with E-state index in [9.17, 15) is 5.11 Å². The maximum atomic E-state index is 9.86. The van der Waals surface area contributed by atoms with E-state index in [-0.39, 0.29) is 6.04 Å². The normalized spacial score (nSPS) is 12.1. The lowest BCUT2D eigenvalue weighted by Gasteiger charge is -2.17. The Morgan fingerprint density at radius 3 is 2.40 bits per heavy atom. The smallest absolute Gasteiger partial charge is 0.120 e. The second-order valence-corrected chi connectivity index (χ2v) is 5.23. The first-order chi connectivity index (χ1) is 9.70. The fourth-order valence-electron chi connectivity index (χ4n) is 2.33. The minimum atomic E-state index is 0.0812. The summed E-state index contributed by atoms with van der Waals surface area (Å²) >= 11 is 0. The van der Waals surface area contributed by atoms with E-state index in [2.05, 4.69) is 43.4 Å². The molecular weight excluding hydrogens is 246 g/mol. The summed E-state index contributed by atoms with van der Waals surface area (Å²) in [5.74, 6) is 0.340. The standard InChI is InChI=1S/C18H23NO/c1-3-4-7-15-10-12-16(13-11-15)19-14(2)17-8-5-6-9-18(17)20/h5-6,8-14,19-20H,3-4,7H2,1-2H3. The van der Waals surface area contributed by atoms with Gasteiger partial charge in [-0.15, -0.1) is 0 Å². The van der Waals surface area contributed by atoms with E-state index in [1.165, 1.54) is 18.4 Å². The predicted molar refractivity (Wildman–Crippen MR) is 85.2 cm³/mol. The van der Waals surface area contributed by atoms with Gasteiger partial charge in [-0.1, -0.05) is 43.7 Å². The molecule has 2 heteroatoms. The van der Waals surface area contributed by atoms with Crippen LogP contribution in [0.1, 0.15) is 43.9 Å². The molecule has 2 rings (SSSR count). The van der Waals surface area contributed by atoms with Gasteiger partial charge in [0, 0.05) is 11.3 Å². The van der Waals surface area contributed by atoms with E-state index in [4.69, 9.17) is 0 Å². The highest BCUT2D eigenvalue weighted by molar-refractivity contribution is 5.48. The van der Waals surface area contributed by atoms with Crippen LogP contribution < -0.4 is 5.32 Å². The lowest BCUT2D eigenvalue weighted by atomic mass is 10.1. The predicted octanol–water partition coefficient (Wildman–Crippen LogP) is 4.91. The van der Waals surface area contributed by atoms with Crippen LogP contribution in [-0.4, -0.2) is 5.11 Å². The van der Waals surface area contributed by atoms with Crippen molar-refractivity contribution in [1.29, 1.82) is 0 Å². The highest BCUT2D eigenvalue weighted by Crippen LogP contribution is 2.26. The number of hydrogen-bond acceptors (Lipinski definition) is 2. The zero-order valence-electron chi connectivity index (χ0n) is 12.3. The van der Waals surface area contributed by atoms with Gasteiger partial charge in [0.15, 0.2) is 0 Å². The van der Waals surface area contributed by atoms with E-state index in [1.54, 1.807) is 6.07 Å². The zero-order valence-corrected chi connectivity index (χ0v) is 12.3. The number of phenolic OH excluding ortho intramolecular Hbond substituents is 1. The van der Waals surface area contributed by atoms with Crippen molar-refractivity contribution >= 4 is 5.69 Å². The van der Waals surface area contributed by atoms with E-state index in [0.717, 1.165) is 17.7 Å². The Labute approximate surface area is 121 Å². The van der Waals surface area contributed by atoms with Gasteiger partial charge in [0.25, 0.3) is 0 Å². The first-order valence-corrected chi connectivity index (χ1v) is 7.34. The van der Waals surface area contributed by atoms with Crippen LogP contribution in [0.3, 0.4) is 0 Å². The summed E-state index contributed by atoms with van der Waals surface area (Å²) < 4.78 is 0. The number of unbranched alkanes of at least 4 members (excludes halogenated alkanes) is 1. The average molecular weight is 269 g/mol. The van der Waals surface area contributed by atoms with E-state index < -0.39 is 0 Å². The molecule has 0 heterocycles. The molecule has 0 saturated carbocycles. The topological polar surface area (TPSA) is 32.3 Å². The summed E-state index contributed by atoms with van der Waals surface area (Å²) in [7, 11) is 0. The Morgan fingerprint density at radius 1 is 1.05 bits per heavy atom. The van der Waals surface area contributed by atoms with Crippen LogP contribution in [0.25, 0.3) is 0 Å². The maximum absolute atomic E-state index is 9.86. The molecule has 0 aromatic heterocycles. The number of rotatable bonds is 6. The molecule has 0 aliphatic rings. The lowest BCUT2D eigenvalue weighted by Crippen LogP contribution is -2.06. The van der Waals surface area contributed by atoms with Crippen molar-refractivity contribution in [3.63, 3.8) is 0 Å². The van der Waals surface area contributed by atoms with E-state index >= 15 is 0 Å². The third kappa shape index (κ3) is 3.77. The Morgan fingerprint density at radius 2 is 1.75 bits per heavy atom. The Kier molecular flexibility index (Phi) is 5.05. The summed E-state index contributed by atoms with van der Waals surface area (Å²) in [5.41, 5.74) is 3.39. The van der Waals surface area contributed by atoms with Crippen molar-refractivity contribution in [2.75, 3.05) is 5.32 Å². The van der Waals surface area contributed by atoms with Crippen LogP contribution in [0, 0.1) is 0 Å². The van der Waals surface area contributed by atoms with Crippen molar-refractivity contribution < 1.29 is 5.11 Å². The molecule has 0 amide bonds. The van der Waals surface area contributed by atoms with Crippen LogP contribution in [0.5, 0.6) is 5.75 Å². The molecule has 1 atom stereocenters. The molecular formula is C18H23NO. The highest BCUT2D eigenvalue weighted by atomic mass is 16.3. The van der Waals surface area contributed by atoms with Gasteiger partial charge >= 0.3 is 0 Å². The van der Waals surface area contributed by atoms with Gasteiger partial charge in [-0.3, -0.25) is 0 Å². The molecule has 0 aliphatic carbocycles. The van der Waals surface area contributed by atoms with Crippen LogP contribution in [0.15, 0.2) is 48.5 Å². The monoisotopic (exact) mass is 269 g/mol. The van der Waals surface area contributed by atoms with Crippen molar-refractivity contribution in [2.45, 2.75) is 39.2 Å². The minimum Gasteiger partial charge on any atom is -0.508 e. The summed E-state index contributed by atoms with van der Waals surface area (Å²) in [4.78, 5) is 0. The third-order valence-electron chi connectivity index (χ3n) is 3.56. The van der Waals surface area contributed by atoms with Crippen LogP contribution in [0.4, 0.5) is 5.69 Å². The Balaban J connectivity index is 2.01. The number of benzene rings is 2. The fraction of sp³-hybridized carbons (Fsp3) is 0.333. The van der Waals surface area contributed by atoms with E-state index in [0.29, 0.717) is 5.75 Å². The van der Waals surface area contributed by atoms with Crippen molar-refractivity contribution in [3.8, 4) is 5.75 Å². The number of aryl methyl sites for hydroxylation is 1. The number of para-hydroxylation sites is 1. The molecule has 2 N–H and O–H groups in total. The largest absolute Gasteiger partial charge is 0.508 e. The van der Waals surface area contributed by atoms with Crippen molar-refractivity contribution in [3.05, 3.63) is 59.7 Å². The molecule has 106 valence electrons. The summed E-state index contributed by atoms with van der Waals surface area (Å²) in [6.07, 6.45) is 3.61. The molecule has 2 aromatic carbocycles. The third-order valence-corrected chi connectivity index (χ3v) is 3.56. The maximum Gasteiger partial charge on any atom is 0.120 e. The first kappa shape index (κ1) is 14.4. The number of nitrogens with one attached hydrogen (secondary N) is 1. The summed E-state index contributed by atoms with van der Waals surface area (Å²) in [6, 6.07) is 16.1. The van der Waals surface area contributed by atoms with Gasteiger partial charge < -0.3 is 10.4 Å². The van der Waals surface area contributed by atoms with Crippen molar-refractivity contribution in [2.24, 2.45) is 0 Å². The fourth-order valence-corrected chi connectivity index (χ4v) is 2.33. The van der Waals surface area contributed by atoms with Crippen LogP contribution in [0.2, 0.25) is 0 Å². The number of hydrogen-bond donors (Lipinski definition) is 2. The SMILES string of the molecule is CCCCc1ccc(NC(C)c2ccccc2O)cc1. The van der Waals surface area contributed by atoms with Gasteiger partial charge in [0.1, 0.15) is 5.75 Å². The molecule has 0 saturated heterocycles. The number of phenols is 1. The Bertz CT molecular complexity index is 533. The van der Waals surface area contributed by atoms with Gasteiger partial charge in [-0.2, -0.15) is 0 Å². The minimum absolute atomic E-state index is 0.0812. The second kappa shape index (κ2) is 6.99. The van der Waals surface area contributed by atoms with Crippen LogP contribution >= 0.6 is 0 Å². The lowest BCUT2D eigenvalue weighted by molar-refractivity contribution is 0.465. The molecule has 0 spiro atoms. The zero-order chi connectivity index (χ0) is 14.4. The first-order valence-electron chi connectivity index (χ1n) is 7.34. The van der Waals surface area contributed by atoms with Gasteiger partial charge in [-0.25, -0.2) is 0 Å². The van der Waals surface area contributed by atoms with Crippen molar-refractivity contribution in [1.82, 2.24) is 0 Å². The van der Waals surface area contributed by atoms with Crippen LogP contribution in [-0.2, 0) is 6.42 Å². The second-order valence-electron chi connectivity index (χ2n) is 5.23. The van der Waals surface area contributed by atoms with Gasteiger partial charge in [-0.05, 0) is 43.5 Å². The molecule has 2 nitrogen and oxygen atoms in total. The molecule has 0 fully saturated rings. The quantitative estimate of drug-likeness (QED) is 0.781. The average Bonchev–Trinajstić information content (AvgIpc) is 2.47. The summed E-state index contributed by atoms with van der Waals surface area (Å²) in [6.45, 7) is 4.27. The van der Waals surface area contributed by atoms with Gasteiger partial charge in [0.05, 0.1) is 6.04 Å². The molecule has 1 unspecified atom stereocenters. The molecule has 2 aromatic rings. The Hall–Kier alpha value is -1.96. The molecule has 0 bridgehead atoms. The summed E-state index contributed by atoms with van der Waals surface area (Å²) in [5, 5.41) is 13.3. The molecule has 20 heavy (non-hydrogen) atoms. The molecule has 0 aliphatic heterocycles. The van der Waals surface area contributed by atoms with Gasteiger partial charge in [0.2, 0.25) is 0 Å².